The Hall–Kier alpha value is -7.47. The number of aromatic nitrogens is 1. The maximum Gasteiger partial charge on any atom is 0.413 e. The number of nitrogens with zero attached hydrogens (tertiary/aromatic N) is 4. The smallest absolute Gasteiger partial charge is 0.413 e. The molecule has 6 aromatic rings. The van der Waals surface area contributed by atoms with Crippen molar-refractivity contribution in [2.75, 3.05) is 11.1 Å². The Kier molecular flexibility index (Phi) is 15.3. The van der Waals surface area contributed by atoms with Gasteiger partial charge >= 0.3 is 12.1 Å². The van der Waals surface area contributed by atoms with Gasteiger partial charge in [0.05, 0.1) is 5.84 Å². The summed E-state index contributed by atoms with van der Waals surface area (Å²) in [5.74, 6) is -1.44. The summed E-state index contributed by atoms with van der Waals surface area (Å²) >= 11 is 3.63. The van der Waals surface area contributed by atoms with Crippen LogP contribution in [-0.2, 0) is 34.3 Å². The van der Waals surface area contributed by atoms with Crippen molar-refractivity contribution < 1.29 is 33.5 Å². The summed E-state index contributed by atoms with van der Waals surface area (Å²) in [4.78, 5) is 74.3. The molecule has 0 aliphatic carbocycles. The topological polar surface area (TPSA) is 187 Å². The number of amidine groups is 1. The van der Waals surface area contributed by atoms with E-state index < -0.39 is 52.6 Å². The first-order valence-electron chi connectivity index (χ1n) is 22.1. The summed E-state index contributed by atoms with van der Waals surface area (Å²) in [5, 5.41) is 12.8. The van der Waals surface area contributed by atoms with Crippen molar-refractivity contribution in [3.8, 4) is 0 Å². The first-order chi connectivity index (χ1) is 33.8. The number of rotatable bonds is 16. The average Bonchev–Trinajstić information content (AvgIpc) is 3.82. The number of anilines is 1. The lowest BCUT2D eigenvalue weighted by molar-refractivity contribution is -0.154. The molecule has 1 unspecified atom stereocenters. The number of hydrogen-bond donors (Lipinski definition) is 3. The molecule has 1 aromatic heterocycles. The van der Waals surface area contributed by atoms with Gasteiger partial charge in [-0.05, 0) is 44.2 Å². The molecule has 1 saturated heterocycles. The number of oxime groups is 1. The first kappa shape index (κ1) is 49.0. The normalized spacial score (nSPS) is 16.4. The summed E-state index contributed by atoms with van der Waals surface area (Å²) in [6, 6.07) is 46.1. The second kappa shape index (κ2) is 21.9. The third-order valence-electron chi connectivity index (χ3n) is 10.8. The number of nitrogens with one attached hydrogen (secondary N) is 2. The number of hydrogen-bond acceptors (Lipinski definition) is 13. The molecule has 5 aromatic carbocycles. The van der Waals surface area contributed by atoms with E-state index in [-0.39, 0.29) is 28.0 Å². The number of β-lactam (4-membered cyclic amide) rings is 1. The monoisotopic (exact) mass is 991 g/mol. The molecule has 70 heavy (non-hydrogen) atoms. The van der Waals surface area contributed by atoms with Gasteiger partial charge in [0.2, 0.25) is 5.60 Å². The maximum absolute atomic E-state index is 14.9. The zero-order chi connectivity index (χ0) is 49.3. The van der Waals surface area contributed by atoms with Gasteiger partial charge in [0.1, 0.15) is 28.4 Å². The summed E-state index contributed by atoms with van der Waals surface area (Å²) < 4.78 is 11.8. The number of ether oxygens (including phenoxy) is 2. The Morgan fingerprint density at radius 1 is 0.829 bits per heavy atom. The van der Waals surface area contributed by atoms with Crippen molar-refractivity contribution in [1.29, 1.82) is 0 Å². The van der Waals surface area contributed by atoms with Crippen LogP contribution in [0.4, 0.5) is 9.93 Å². The minimum atomic E-state index is -1.39. The van der Waals surface area contributed by atoms with Gasteiger partial charge in [-0.15, -0.1) is 23.1 Å². The van der Waals surface area contributed by atoms with E-state index >= 15 is 0 Å². The second-order valence-corrected chi connectivity index (χ2v) is 19.9. The molecule has 0 spiro atoms. The molecule has 17 heteroatoms. The molecule has 14 nitrogen and oxygen atoms in total. The predicted octanol–water partition coefficient (Wildman–Crippen LogP) is 9.73. The predicted molar refractivity (Wildman–Crippen MR) is 276 cm³/mol. The zero-order valence-electron chi connectivity index (χ0n) is 38.6. The van der Waals surface area contributed by atoms with Gasteiger partial charge in [-0.3, -0.25) is 19.8 Å². The highest BCUT2D eigenvalue weighted by Crippen LogP contribution is 2.45. The Morgan fingerprint density at radius 3 is 1.87 bits per heavy atom. The number of thiazole rings is 1. The number of nitrogens with two attached hydrogens (primary N) is 1. The third-order valence-corrected chi connectivity index (χ3v) is 13.9. The van der Waals surface area contributed by atoms with Crippen LogP contribution in [0.5, 0.6) is 0 Å². The van der Waals surface area contributed by atoms with E-state index in [1.54, 1.807) is 38.5 Å². The van der Waals surface area contributed by atoms with E-state index in [2.05, 4.69) is 25.8 Å². The highest BCUT2D eigenvalue weighted by molar-refractivity contribution is 8.08. The largest absolute Gasteiger partial charge is 0.448 e. The molecular formula is C53H49N7O7S3. The Bertz CT molecular complexity index is 2810. The van der Waals surface area contributed by atoms with Gasteiger partial charge in [0.25, 0.3) is 11.8 Å². The van der Waals surface area contributed by atoms with Gasteiger partial charge < -0.3 is 25.4 Å². The van der Waals surface area contributed by atoms with Crippen LogP contribution < -0.4 is 16.4 Å². The van der Waals surface area contributed by atoms with Gasteiger partial charge in [0, 0.05) is 38.9 Å². The SMILES string of the molecule is CC(N)=N/C=C\SC1=C(C(=O)OC(c2ccccc2)c2ccccc2)N2C(=O)C(NC(=O)/C(=N\OC(c3ccccc3)(c3ccccc3)c3ccccc3)c3csc(NC(=O)OC(C)(C)C)n3)[C@H]2SC1. The van der Waals surface area contributed by atoms with Crippen LogP contribution in [0, 0.1) is 0 Å². The fourth-order valence-corrected chi connectivity index (χ4v) is 10.6. The lowest BCUT2D eigenvalue weighted by Gasteiger charge is -2.49. The van der Waals surface area contributed by atoms with Crippen molar-refractivity contribution in [2.45, 2.75) is 56.4 Å². The average molecular weight is 992 g/mol. The van der Waals surface area contributed by atoms with Crippen LogP contribution in [0.15, 0.2) is 189 Å². The van der Waals surface area contributed by atoms with Crippen molar-refractivity contribution in [3.05, 3.63) is 213 Å². The molecule has 2 aliphatic rings. The molecule has 0 radical (unpaired) electrons. The first-order valence-corrected chi connectivity index (χ1v) is 24.9. The molecule has 2 aliphatic heterocycles. The molecule has 3 heterocycles. The number of carbonyl (C=O) groups excluding carboxylic acids is 4. The van der Waals surface area contributed by atoms with E-state index in [0.29, 0.717) is 27.4 Å². The summed E-state index contributed by atoms with van der Waals surface area (Å²) in [7, 11) is 0. The van der Waals surface area contributed by atoms with Crippen LogP contribution in [0.3, 0.4) is 0 Å². The fraction of sp³-hybridized carbons (Fsp3) is 0.189. The van der Waals surface area contributed by atoms with Crippen LogP contribution in [-0.4, -0.2) is 68.1 Å². The highest BCUT2D eigenvalue weighted by atomic mass is 32.2. The van der Waals surface area contributed by atoms with E-state index in [1.807, 2.05) is 152 Å². The lowest BCUT2D eigenvalue weighted by Crippen LogP contribution is -2.71. The van der Waals surface area contributed by atoms with Crippen molar-refractivity contribution in [2.24, 2.45) is 15.9 Å². The quantitative estimate of drug-likeness (QED) is 0.0209. The highest BCUT2D eigenvalue weighted by Gasteiger charge is 2.55. The molecule has 1 fully saturated rings. The zero-order valence-corrected chi connectivity index (χ0v) is 41.0. The van der Waals surface area contributed by atoms with Crippen LogP contribution in [0.2, 0.25) is 0 Å². The van der Waals surface area contributed by atoms with Crippen LogP contribution >= 0.6 is 34.9 Å². The van der Waals surface area contributed by atoms with Crippen molar-refractivity contribution >= 4 is 75.4 Å². The molecule has 8 rings (SSSR count). The van der Waals surface area contributed by atoms with Gasteiger partial charge in [-0.25, -0.2) is 19.6 Å². The van der Waals surface area contributed by atoms with Crippen molar-refractivity contribution in [1.82, 2.24) is 15.2 Å². The molecule has 4 N–H and O–H groups in total. The van der Waals surface area contributed by atoms with E-state index in [4.69, 9.17) is 20.0 Å². The van der Waals surface area contributed by atoms with Gasteiger partial charge in [0.15, 0.2) is 16.9 Å². The Labute approximate surface area is 418 Å². The summed E-state index contributed by atoms with van der Waals surface area (Å²) in [6.07, 6.45) is -0.0211. The molecule has 3 amide bonds. The van der Waals surface area contributed by atoms with E-state index in [9.17, 15) is 19.2 Å². The molecule has 2 atom stereocenters. The molecule has 356 valence electrons. The number of benzene rings is 5. The van der Waals surface area contributed by atoms with Crippen LogP contribution in [0.1, 0.15) is 67.3 Å². The van der Waals surface area contributed by atoms with E-state index in [1.165, 1.54) is 34.6 Å². The number of carbonyl (C=O) groups is 4. The fourth-order valence-electron chi connectivity index (χ4n) is 7.71. The van der Waals surface area contributed by atoms with E-state index in [0.717, 1.165) is 22.5 Å². The number of amides is 3. The lowest BCUT2D eigenvalue weighted by atomic mass is 9.80. The Morgan fingerprint density at radius 2 is 1.36 bits per heavy atom. The van der Waals surface area contributed by atoms with Crippen molar-refractivity contribution in [3.63, 3.8) is 0 Å². The second-order valence-electron chi connectivity index (χ2n) is 16.9. The Balaban J connectivity index is 1.15. The van der Waals surface area contributed by atoms with Crippen LogP contribution in [0.25, 0.3) is 0 Å². The number of thioether (sulfide) groups is 2. The summed E-state index contributed by atoms with van der Waals surface area (Å²) in [6.45, 7) is 6.87. The van der Waals surface area contributed by atoms with Gasteiger partial charge in [-0.2, -0.15) is 0 Å². The molecule has 0 saturated carbocycles. The maximum atomic E-state index is 14.9. The third kappa shape index (κ3) is 11.2. The number of esters is 1. The minimum Gasteiger partial charge on any atom is -0.448 e. The minimum absolute atomic E-state index is 0.0483. The molecule has 0 bridgehead atoms. The summed E-state index contributed by atoms with van der Waals surface area (Å²) in [5.41, 5.74) is 7.02. The molecular weight excluding hydrogens is 943 g/mol. The standard InChI is InChI=1S/C53H49N7O7S3/c1-34(54)55-30-31-68-41-33-69-48-43(47(62)60(48)44(41)49(63)65-45(35-20-10-5-11-21-35)36-22-12-6-13-23-36)57-46(61)42(40-32-70-50(56-40)58-51(64)66-52(2,3)4)59-67-53(37-24-14-7-15-25-37,38-26-16-8-17-27-38)39-28-18-9-19-29-39/h5-32,43,45,48H,33H2,1-4H3,(H2,54,55)(H,57,61)(H,56,58,64)/b31-30-,59-42-/t43?,48-/m1/s1. The number of aliphatic imine (C=N–C) groups is 1. The van der Waals surface area contributed by atoms with Gasteiger partial charge in [-0.1, -0.05) is 169 Å². The number of fused-ring (bicyclic) bond motifs is 1.